The van der Waals surface area contributed by atoms with Crippen LogP contribution in [-0.4, -0.2) is 35.5 Å². The van der Waals surface area contributed by atoms with E-state index in [2.05, 4.69) is 4.74 Å². The highest BCUT2D eigenvalue weighted by atomic mass is 16.5. The number of carbonyl (C=O) groups is 1. The van der Waals surface area contributed by atoms with E-state index < -0.39 is 12.1 Å². The molecule has 1 atom stereocenters. The van der Waals surface area contributed by atoms with Gasteiger partial charge in [0.05, 0.1) is 19.1 Å². The average molecular weight is 163 g/mol. The van der Waals surface area contributed by atoms with Crippen molar-refractivity contribution < 1.29 is 19.8 Å². The Kier molecular flexibility index (Phi) is 5.73. The molecule has 5 nitrogen and oxygen atoms in total. The molecule has 0 aromatic heterocycles. The van der Waals surface area contributed by atoms with Gasteiger partial charge in [-0.05, 0) is 6.92 Å². The van der Waals surface area contributed by atoms with Crippen molar-refractivity contribution in [1.82, 2.24) is 5.48 Å². The molecule has 0 aliphatic carbocycles. The second-order valence-electron chi connectivity index (χ2n) is 2.03. The minimum atomic E-state index is -0.890. The van der Waals surface area contributed by atoms with E-state index in [0.717, 1.165) is 0 Å². The SMILES string of the molecule is CCOC(=O)CC(O)CNO. The Bertz CT molecular complexity index is 117. The van der Waals surface area contributed by atoms with Crippen molar-refractivity contribution in [2.24, 2.45) is 0 Å². The predicted octanol–water partition coefficient (Wildman–Crippen LogP) is -0.721. The molecule has 0 fully saturated rings. The molecule has 0 saturated heterocycles. The number of nitrogens with one attached hydrogen (secondary N) is 1. The average Bonchev–Trinajstić information content (AvgIpc) is 1.87. The third-order valence-electron chi connectivity index (χ3n) is 1.03. The number of hydrogen-bond acceptors (Lipinski definition) is 5. The smallest absolute Gasteiger partial charge is 0.308 e. The molecule has 0 bridgehead atoms. The number of ether oxygens (including phenoxy) is 1. The van der Waals surface area contributed by atoms with E-state index in [9.17, 15) is 4.79 Å². The van der Waals surface area contributed by atoms with Gasteiger partial charge in [-0.25, -0.2) is 5.48 Å². The van der Waals surface area contributed by atoms with Gasteiger partial charge in [0, 0.05) is 6.54 Å². The van der Waals surface area contributed by atoms with Crippen molar-refractivity contribution in [3.8, 4) is 0 Å². The second kappa shape index (κ2) is 6.09. The maximum absolute atomic E-state index is 10.6. The fourth-order valence-corrected chi connectivity index (χ4v) is 0.590. The summed E-state index contributed by atoms with van der Waals surface area (Å²) in [4.78, 5) is 10.6. The Balaban J connectivity index is 3.40. The third-order valence-corrected chi connectivity index (χ3v) is 1.03. The minimum Gasteiger partial charge on any atom is -0.466 e. The zero-order chi connectivity index (χ0) is 8.69. The number of hydroxylamine groups is 1. The van der Waals surface area contributed by atoms with Gasteiger partial charge in [-0.15, -0.1) is 0 Å². The highest BCUT2D eigenvalue weighted by molar-refractivity contribution is 5.69. The number of carbonyl (C=O) groups excluding carboxylic acids is 1. The molecule has 3 N–H and O–H groups in total. The van der Waals surface area contributed by atoms with Crippen LogP contribution in [0.1, 0.15) is 13.3 Å². The first kappa shape index (κ1) is 10.3. The van der Waals surface area contributed by atoms with Gasteiger partial charge in [0.25, 0.3) is 0 Å². The van der Waals surface area contributed by atoms with Crippen LogP contribution < -0.4 is 5.48 Å². The molecule has 0 aliphatic rings. The van der Waals surface area contributed by atoms with Crippen molar-refractivity contribution in [2.75, 3.05) is 13.2 Å². The topological polar surface area (TPSA) is 78.8 Å². The largest absolute Gasteiger partial charge is 0.466 e. The first-order chi connectivity index (χ1) is 5.20. The molecule has 66 valence electrons. The fraction of sp³-hybridized carbons (Fsp3) is 0.833. The molecule has 0 aromatic carbocycles. The summed E-state index contributed by atoms with van der Waals surface area (Å²) in [5.74, 6) is -0.463. The molecule has 0 aromatic rings. The molecule has 5 heteroatoms. The molecular weight excluding hydrogens is 150 g/mol. The number of rotatable bonds is 5. The van der Waals surface area contributed by atoms with Gasteiger partial charge < -0.3 is 15.1 Å². The van der Waals surface area contributed by atoms with Gasteiger partial charge >= 0.3 is 5.97 Å². The van der Waals surface area contributed by atoms with Crippen LogP contribution in [0.15, 0.2) is 0 Å². The lowest BCUT2D eigenvalue weighted by molar-refractivity contribution is -0.145. The van der Waals surface area contributed by atoms with Crippen LogP contribution in [0.5, 0.6) is 0 Å². The normalized spacial score (nSPS) is 12.6. The van der Waals surface area contributed by atoms with Crippen LogP contribution in [-0.2, 0) is 9.53 Å². The van der Waals surface area contributed by atoms with Gasteiger partial charge in [0.1, 0.15) is 0 Å². The predicted molar refractivity (Wildman–Crippen MR) is 37.0 cm³/mol. The highest BCUT2D eigenvalue weighted by Crippen LogP contribution is 1.92. The maximum Gasteiger partial charge on any atom is 0.308 e. The van der Waals surface area contributed by atoms with Crippen LogP contribution in [0.4, 0.5) is 0 Å². The van der Waals surface area contributed by atoms with E-state index in [1.807, 2.05) is 0 Å². The minimum absolute atomic E-state index is 0.0290. The summed E-state index contributed by atoms with van der Waals surface area (Å²) < 4.78 is 4.55. The lowest BCUT2D eigenvalue weighted by atomic mass is 10.2. The van der Waals surface area contributed by atoms with Crippen LogP contribution in [0.3, 0.4) is 0 Å². The van der Waals surface area contributed by atoms with Crippen molar-refractivity contribution in [3.05, 3.63) is 0 Å². The van der Waals surface area contributed by atoms with Crippen LogP contribution >= 0.6 is 0 Å². The van der Waals surface area contributed by atoms with Crippen LogP contribution in [0.25, 0.3) is 0 Å². The van der Waals surface area contributed by atoms with E-state index in [1.54, 1.807) is 12.4 Å². The summed E-state index contributed by atoms with van der Waals surface area (Å²) >= 11 is 0. The van der Waals surface area contributed by atoms with Crippen molar-refractivity contribution in [1.29, 1.82) is 0 Å². The summed E-state index contributed by atoms with van der Waals surface area (Å²) in [6, 6.07) is 0. The van der Waals surface area contributed by atoms with E-state index in [0.29, 0.717) is 6.61 Å². The first-order valence-corrected chi connectivity index (χ1v) is 3.41. The van der Waals surface area contributed by atoms with E-state index in [1.165, 1.54) is 0 Å². The molecule has 1 unspecified atom stereocenters. The Morgan fingerprint density at radius 3 is 2.82 bits per heavy atom. The van der Waals surface area contributed by atoms with E-state index in [-0.39, 0.29) is 13.0 Å². The highest BCUT2D eigenvalue weighted by Gasteiger charge is 2.09. The van der Waals surface area contributed by atoms with Gasteiger partial charge in [-0.3, -0.25) is 4.79 Å². The summed E-state index contributed by atoms with van der Waals surface area (Å²) in [5.41, 5.74) is 1.76. The lowest BCUT2D eigenvalue weighted by Gasteiger charge is -2.07. The van der Waals surface area contributed by atoms with Gasteiger partial charge in [-0.1, -0.05) is 0 Å². The van der Waals surface area contributed by atoms with Crippen LogP contribution in [0, 0.1) is 0 Å². The van der Waals surface area contributed by atoms with Crippen LogP contribution in [0.2, 0.25) is 0 Å². The fourth-order valence-electron chi connectivity index (χ4n) is 0.590. The monoisotopic (exact) mass is 163 g/mol. The summed E-state index contributed by atoms with van der Waals surface area (Å²) in [6.07, 6.45) is -0.986. The molecular formula is C6H13NO4. The summed E-state index contributed by atoms with van der Waals surface area (Å²) in [5, 5.41) is 17.0. The van der Waals surface area contributed by atoms with Gasteiger partial charge in [0.15, 0.2) is 0 Å². The Morgan fingerprint density at radius 2 is 2.36 bits per heavy atom. The Morgan fingerprint density at radius 1 is 1.73 bits per heavy atom. The molecule has 11 heavy (non-hydrogen) atoms. The molecule has 0 saturated carbocycles. The van der Waals surface area contributed by atoms with E-state index >= 15 is 0 Å². The van der Waals surface area contributed by atoms with Gasteiger partial charge in [0.2, 0.25) is 0 Å². The molecule has 0 heterocycles. The molecule has 0 rings (SSSR count). The maximum atomic E-state index is 10.6. The number of aliphatic hydroxyl groups is 1. The number of aliphatic hydroxyl groups excluding tert-OH is 1. The number of hydrogen-bond donors (Lipinski definition) is 3. The Hall–Kier alpha value is -0.650. The summed E-state index contributed by atoms with van der Waals surface area (Å²) in [6.45, 7) is 1.96. The van der Waals surface area contributed by atoms with Gasteiger partial charge in [-0.2, -0.15) is 0 Å². The molecule has 0 radical (unpaired) electrons. The van der Waals surface area contributed by atoms with Crippen molar-refractivity contribution in [3.63, 3.8) is 0 Å². The molecule has 0 amide bonds. The first-order valence-electron chi connectivity index (χ1n) is 3.41. The van der Waals surface area contributed by atoms with E-state index in [4.69, 9.17) is 10.3 Å². The lowest BCUT2D eigenvalue weighted by Crippen LogP contribution is -2.27. The van der Waals surface area contributed by atoms with Crippen molar-refractivity contribution >= 4 is 5.97 Å². The van der Waals surface area contributed by atoms with Crippen molar-refractivity contribution in [2.45, 2.75) is 19.4 Å². The standard InChI is InChI=1S/C6H13NO4/c1-2-11-6(9)3-5(8)4-7-10/h5,7-8,10H,2-4H2,1H3. The third kappa shape index (κ3) is 5.78. The zero-order valence-corrected chi connectivity index (χ0v) is 6.41. The quantitative estimate of drug-likeness (QED) is 0.368. The second-order valence-corrected chi connectivity index (χ2v) is 2.03. The Labute approximate surface area is 64.9 Å². The molecule has 0 spiro atoms. The molecule has 0 aliphatic heterocycles. The number of esters is 1. The zero-order valence-electron chi connectivity index (χ0n) is 6.41. The summed E-state index contributed by atoms with van der Waals surface area (Å²) in [7, 11) is 0.